The Morgan fingerprint density at radius 3 is 2.53 bits per heavy atom. The van der Waals surface area contributed by atoms with E-state index in [2.05, 4.69) is 32.2 Å². The number of aromatic hydroxyl groups is 1. The van der Waals surface area contributed by atoms with E-state index < -0.39 is 0 Å². The predicted octanol–water partition coefficient (Wildman–Crippen LogP) is 4.32. The second kappa shape index (κ2) is 6.42. The van der Waals surface area contributed by atoms with Crippen LogP contribution in [0.5, 0.6) is 5.75 Å². The number of rotatable bonds is 4. The first-order valence-corrected chi connectivity index (χ1v) is 7.63. The Labute approximate surface area is 117 Å². The van der Waals surface area contributed by atoms with Gasteiger partial charge in [-0.3, -0.25) is 0 Å². The molecule has 1 aromatic rings. The minimum absolute atomic E-state index is 0.205. The standard InChI is InChI=1S/C17H27NO/c1-12-9-10-17(19)16(11-12)14(3)18-13(2)15-7-5-4-6-8-15/h9-11,13-15,18-19H,4-8H2,1-3H3/t13-,14?/m1/s1. The molecule has 2 heteroatoms. The van der Waals surface area contributed by atoms with Crippen LogP contribution in [0.2, 0.25) is 0 Å². The van der Waals surface area contributed by atoms with Gasteiger partial charge in [0.2, 0.25) is 0 Å². The third kappa shape index (κ3) is 3.73. The Morgan fingerprint density at radius 2 is 1.84 bits per heavy atom. The maximum atomic E-state index is 9.99. The fourth-order valence-corrected chi connectivity index (χ4v) is 3.28. The van der Waals surface area contributed by atoms with Crippen LogP contribution in [0.3, 0.4) is 0 Å². The monoisotopic (exact) mass is 261 g/mol. The lowest BCUT2D eigenvalue weighted by Crippen LogP contribution is -2.36. The highest BCUT2D eigenvalue weighted by Gasteiger charge is 2.22. The van der Waals surface area contributed by atoms with Crippen molar-refractivity contribution in [1.82, 2.24) is 5.32 Å². The minimum atomic E-state index is 0.205. The first-order chi connectivity index (χ1) is 9.08. The lowest BCUT2D eigenvalue weighted by atomic mass is 9.84. The van der Waals surface area contributed by atoms with Crippen LogP contribution in [0.4, 0.5) is 0 Å². The van der Waals surface area contributed by atoms with E-state index in [1.54, 1.807) is 6.07 Å². The van der Waals surface area contributed by atoms with E-state index in [0.717, 1.165) is 11.5 Å². The van der Waals surface area contributed by atoms with E-state index >= 15 is 0 Å². The van der Waals surface area contributed by atoms with Gasteiger partial charge in [-0.05, 0) is 45.6 Å². The number of phenolic OH excluding ortho intramolecular Hbond substituents is 1. The molecule has 2 atom stereocenters. The van der Waals surface area contributed by atoms with Crippen molar-refractivity contribution >= 4 is 0 Å². The fourth-order valence-electron chi connectivity index (χ4n) is 3.28. The number of nitrogens with one attached hydrogen (secondary N) is 1. The average molecular weight is 261 g/mol. The summed E-state index contributed by atoms with van der Waals surface area (Å²) in [6.07, 6.45) is 6.85. The zero-order valence-electron chi connectivity index (χ0n) is 12.4. The summed E-state index contributed by atoms with van der Waals surface area (Å²) >= 11 is 0. The molecule has 2 N–H and O–H groups in total. The summed E-state index contributed by atoms with van der Waals surface area (Å²) in [4.78, 5) is 0. The van der Waals surface area contributed by atoms with Gasteiger partial charge < -0.3 is 10.4 Å². The van der Waals surface area contributed by atoms with Gasteiger partial charge in [-0.15, -0.1) is 0 Å². The van der Waals surface area contributed by atoms with E-state index in [1.165, 1.54) is 37.7 Å². The van der Waals surface area contributed by atoms with Crippen LogP contribution in [-0.2, 0) is 0 Å². The van der Waals surface area contributed by atoms with Crippen LogP contribution in [0.25, 0.3) is 0 Å². The summed E-state index contributed by atoms with van der Waals surface area (Å²) in [5.41, 5.74) is 2.22. The van der Waals surface area contributed by atoms with Gasteiger partial charge in [0.25, 0.3) is 0 Å². The Morgan fingerprint density at radius 1 is 1.16 bits per heavy atom. The zero-order chi connectivity index (χ0) is 13.8. The minimum Gasteiger partial charge on any atom is -0.508 e. The third-order valence-corrected chi connectivity index (χ3v) is 4.52. The molecule has 2 nitrogen and oxygen atoms in total. The lowest BCUT2D eigenvalue weighted by Gasteiger charge is -2.31. The first kappa shape index (κ1) is 14.4. The van der Waals surface area contributed by atoms with Crippen LogP contribution in [-0.4, -0.2) is 11.1 Å². The Balaban J connectivity index is 1.99. The van der Waals surface area contributed by atoms with Gasteiger partial charge in [0, 0.05) is 17.6 Å². The predicted molar refractivity (Wildman–Crippen MR) is 80.4 cm³/mol. The highest BCUT2D eigenvalue weighted by molar-refractivity contribution is 5.37. The van der Waals surface area contributed by atoms with Crippen molar-refractivity contribution < 1.29 is 5.11 Å². The second-order valence-electron chi connectivity index (χ2n) is 6.14. The molecule has 0 bridgehead atoms. The molecule has 0 radical (unpaired) electrons. The molecule has 0 aliphatic heterocycles. The van der Waals surface area contributed by atoms with Crippen LogP contribution in [0.15, 0.2) is 18.2 Å². The Bertz CT molecular complexity index is 410. The number of aryl methyl sites for hydroxylation is 1. The van der Waals surface area contributed by atoms with Gasteiger partial charge in [-0.2, -0.15) is 0 Å². The lowest BCUT2D eigenvalue weighted by molar-refractivity contribution is 0.267. The van der Waals surface area contributed by atoms with Crippen molar-refractivity contribution in [3.8, 4) is 5.75 Å². The molecule has 0 amide bonds. The summed E-state index contributed by atoms with van der Waals surface area (Å²) in [5, 5.41) is 13.7. The molecule has 1 aliphatic carbocycles. The molecule has 0 saturated heterocycles. The molecule has 2 rings (SSSR count). The number of hydrogen-bond acceptors (Lipinski definition) is 2. The molecule has 0 heterocycles. The molecule has 1 aromatic carbocycles. The maximum absolute atomic E-state index is 9.99. The zero-order valence-corrected chi connectivity index (χ0v) is 12.4. The van der Waals surface area contributed by atoms with Crippen LogP contribution in [0.1, 0.15) is 63.1 Å². The number of benzene rings is 1. The van der Waals surface area contributed by atoms with Crippen LogP contribution >= 0.6 is 0 Å². The van der Waals surface area contributed by atoms with Gasteiger partial charge >= 0.3 is 0 Å². The average Bonchev–Trinajstić information content (AvgIpc) is 2.42. The summed E-state index contributed by atoms with van der Waals surface area (Å²) in [6, 6.07) is 6.57. The number of phenols is 1. The Hall–Kier alpha value is -1.02. The highest BCUT2D eigenvalue weighted by Crippen LogP contribution is 2.29. The smallest absolute Gasteiger partial charge is 0.120 e. The molecule has 1 unspecified atom stereocenters. The fraction of sp³-hybridized carbons (Fsp3) is 0.647. The summed E-state index contributed by atoms with van der Waals surface area (Å²) in [6.45, 7) is 6.51. The van der Waals surface area contributed by atoms with Crippen molar-refractivity contribution in [3.05, 3.63) is 29.3 Å². The topological polar surface area (TPSA) is 32.3 Å². The largest absolute Gasteiger partial charge is 0.508 e. The Kier molecular flexibility index (Phi) is 4.87. The maximum Gasteiger partial charge on any atom is 0.120 e. The van der Waals surface area contributed by atoms with Gasteiger partial charge in [-0.1, -0.05) is 37.0 Å². The van der Waals surface area contributed by atoms with Crippen LogP contribution in [0, 0.1) is 12.8 Å². The van der Waals surface area contributed by atoms with E-state index in [0.29, 0.717) is 11.8 Å². The van der Waals surface area contributed by atoms with E-state index in [-0.39, 0.29) is 6.04 Å². The van der Waals surface area contributed by atoms with E-state index in [4.69, 9.17) is 0 Å². The van der Waals surface area contributed by atoms with Crippen molar-refractivity contribution in [2.45, 2.75) is 65.0 Å². The highest BCUT2D eigenvalue weighted by atomic mass is 16.3. The van der Waals surface area contributed by atoms with Crippen LogP contribution < -0.4 is 5.32 Å². The normalized spacial score (nSPS) is 20.2. The molecule has 0 aromatic heterocycles. The SMILES string of the molecule is Cc1ccc(O)c(C(C)N[C@H](C)C2CCCCC2)c1. The molecule has 1 fully saturated rings. The van der Waals surface area contributed by atoms with Gasteiger partial charge in [-0.25, -0.2) is 0 Å². The molecule has 19 heavy (non-hydrogen) atoms. The van der Waals surface area contributed by atoms with Crippen molar-refractivity contribution in [3.63, 3.8) is 0 Å². The van der Waals surface area contributed by atoms with E-state index in [9.17, 15) is 5.11 Å². The third-order valence-electron chi connectivity index (χ3n) is 4.52. The van der Waals surface area contributed by atoms with Gasteiger partial charge in [0.15, 0.2) is 0 Å². The molecule has 106 valence electrons. The molecule has 1 aliphatic rings. The van der Waals surface area contributed by atoms with Gasteiger partial charge in [0.1, 0.15) is 5.75 Å². The quantitative estimate of drug-likeness (QED) is 0.846. The molecule has 0 spiro atoms. The van der Waals surface area contributed by atoms with Gasteiger partial charge in [0.05, 0.1) is 0 Å². The summed E-state index contributed by atoms with van der Waals surface area (Å²) < 4.78 is 0. The number of hydrogen-bond donors (Lipinski definition) is 2. The summed E-state index contributed by atoms with van der Waals surface area (Å²) in [7, 11) is 0. The van der Waals surface area contributed by atoms with Crippen molar-refractivity contribution in [1.29, 1.82) is 0 Å². The van der Waals surface area contributed by atoms with E-state index in [1.807, 2.05) is 6.07 Å². The molecular formula is C17H27NO. The first-order valence-electron chi connectivity index (χ1n) is 7.63. The molecular weight excluding hydrogens is 234 g/mol. The summed E-state index contributed by atoms with van der Waals surface area (Å²) in [5.74, 6) is 1.20. The second-order valence-corrected chi connectivity index (χ2v) is 6.14. The van der Waals surface area contributed by atoms with Crippen molar-refractivity contribution in [2.24, 2.45) is 5.92 Å². The van der Waals surface area contributed by atoms with Crippen molar-refractivity contribution in [2.75, 3.05) is 0 Å². The molecule has 1 saturated carbocycles.